The average molecular weight is 308 g/mol. The van der Waals surface area contributed by atoms with Gasteiger partial charge in [-0.2, -0.15) is 0 Å². The van der Waals surface area contributed by atoms with Crippen LogP contribution in [-0.2, 0) is 11.2 Å². The first kappa shape index (κ1) is 16.4. The van der Waals surface area contributed by atoms with E-state index in [9.17, 15) is 4.79 Å². The summed E-state index contributed by atoms with van der Waals surface area (Å²) in [5, 5.41) is 3.01. The summed E-state index contributed by atoms with van der Waals surface area (Å²) in [6.45, 7) is 2.24. The van der Waals surface area contributed by atoms with Crippen molar-refractivity contribution in [3.8, 4) is 0 Å². The number of unbranched alkanes of at least 4 members (excludes halogenated alkanes) is 5. The van der Waals surface area contributed by atoms with Gasteiger partial charge in [-0.3, -0.25) is 4.79 Å². The zero-order chi connectivity index (χ0) is 15.1. The fourth-order valence-electron chi connectivity index (χ4n) is 2.87. The Morgan fingerprint density at radius 1 is 1.14 bits per heavy atom. The normalized spacial score (nSPS) is 15.4. The molecule has 1 aliphatic heterocycles. The maximum atomic E-state index is 11.4. The van der Waals surface area contributed by atoms with Crippen LogP contribution in [0.2, 0.25) is 0 Å². The van der Waals surface area contributed by atoms with Gasteiger partial charge in [0.05, 0.1) is 5.38 Å². The van der Waals surface area contributed by atoms with Crippen LogP contribution in [0.25, 0.3) is 0 Å². The summed E-state index contributed by atoms with van der Waals surface area (Å²) in [6.07, 6.45) is 10.3. The first-order valence-corrected chi connectivity index (χ1v) is 8.71. The summed E-state index contributed by atoms with van der Waals surface area (Å²) in [5.41, 5.74) is 3.37. The molecule has 0 fully saturated rings. The lowest BCUT2D eigenvalue weighted by Crippen LogP contribution is -2.19. The largest absolute Gasteiger partial charge is 0.326 e. The third-order valence-electron chi connectivity index (χ3n) is 4.20. The van der Waals surface area contributed by atoms with Crippen LogP contribution in [0.4, 0.5) is 5.69 Å². The quantitative estimate of drug-likeness (QED) is 0.491. The molecule has 116 valence electrons. The summed E-state index contributed by atoms with van der Waals surface area (Å²) >= 11 is 6.53. The molecule has 0 radical (unpaired) electrons. The molecule has 0 aromatic heterocycles. The number of carbonyl (C=O) groups is 1. The average Bonchev–Trinajstić information content (AvgIpc) is 2.50. The van der Waals surface area contributed by atoms with E-state index < -0.39 is 0 Å². The topological polar surface area (TPSA) is 29.1 Å². The number of hydrogen-bond acceptors (Lipinski definition) is 1. The number of fused-ring (bicyclic) bond motifs is 1. The first-order chi connectivity index (χ1) is 10.2. The molecule has 1 amide bonds. The van der Waals surface area contributed by atoms with Crippen LogP contribution in [0.15, 0.2) is 18.2 Å². The summed E-state index contributed by atoms with van der Waals surface area (Å²) in [4.78, 5) is 11.4. The highest BCUT2D eigenvalue weighted by atomic mass is 35.5. The molecule has 2 nitrogen and oxygen atoms in total. The van der Waals surface area contributed by atoms with Gasteiger partial charge in [-0.25, -0.2) is 0 Å². The van der Waals surface area contributed by atoms with Crippen molar-refractivity contribution in [2.45, 2.75) is 70.1 Å². The molecule has 1 N–H and O–H groups in total. The molecule has 1 aromatic rings. The molecule has 3 heteroatoms. The minimum absolute atomic E-state index is 0.0964. The van der Waals surface area contributed by atoms with E-state index in [1.807, 2.05) is 6.07 Å². The highest BCUT2D eigenvalue weighted by molar-refractivity contribution is 6.20. The predicted molar refractivity (Wildman–Crippen MR) is 90.0 cm³/mol. The molecule has 21 heavy (non-hydrogen) atoms. The predicted octanol–water partition coefficient (Wildman–Crippen LogP) is 5.60. The first-order valence-electron chi connectivity index (χ1n) is 8.27. The molecule has 0 spiro atoms. The van der Waals surface area contributed by atoms with Gasteiger partial charge in [0.15, 0.2) is 0 Å². The van der Waals surface area contributed by atoms with E-state index in [2.05, 4.69) is 24.4 Å². The zero-order valence-corrected chi connectivity index (χ0v) is 13.7. The van der Waals surface area contributed by atoms with Gasteiger partial charge in [0.25, 0.3) is 0 Å². The highest BCUT2D eigenvalue weighted by Gasteiger charge is 2.16. The van der Waals surface area contributed by atoms with E-state index in [0.717, 1.165) is 18.5 Å². The van der Waals surface area contributed by atoms with Crippen LogP contribution in [0.1, 0.15) is 74.8 Å². The second kappa shape index (κ2) is 8.43. The second-order valence-electron chi connectivity index (χ2n) is 5.99. The van der Waals surface area contributed by atoms with Crippen molar-refractivity contribution < 1.29 is 4.79 Å². The van der Waals surface area contributed by atoms with Crippen molar-refractivity contribution in [2.75, 3.05) is 5.32 Å². The van der Waals surface area contributed by atoms with Gasteiger partial charge in [-0.15, -0.1) is 11.6 Å². The van der Waals surface area contributed by atoms with Gasteiger partial charge >= 0.3 is 0 Å². The van der Waals surface area contributed by atoms with Gasteiger partial charge in [0, 0.05) is 12.1 Å². The van der Waals surface area contributed by atoms with Gasteiger partial charge in [-0.1, -0.05) is 57.6 Å². The van der Waals surface area contributed by atoms with Crippen LogP contribution >= 0.6 is 11.6 Å². The lowest BCUT2D eigenvalue weighted by atomic mass is 9.97. The van der Waals surface area contributed by atoms with E-state index in [1.165, 1.54) is 49.7 Å². The molecule has 1 unspecified atom stereocenters. The lowest BCUT2D eigenvalue weighted by Gasteiger charge is -2.19. The third kappa shape index (κ3) is 5.03. The summed E-state index contributed by atoms with van der Waals surface area (Å²) in [7, 11) is 0. The van der Waals surface area contributed by atoms with Crippen molar-refractivity contribution in [1.82, 2.24) is 0 Å². The molecule has 1 atom stereocenters. The molecule has 0 saturated heterocycles. The lowest BCUT2D eigenvalue weighted by molar-refractivity contribution is -0.116. The molecule has 1 aromatic carbocycles. The molecule has 0 aliphatic carbocycles. The smallest absolute Gasteiger partial charge is 0.224 e. The van der Waals surface area contributed by atoms with Crippen molar-refractivity contribution in [3.05, 3.63) is 29.3 Å². The number of alkyl halides is 1. The Morgan fingerprint density at radius 2 is 1.90 bits per heavy atom. The molecular weight excluding hydrogens is 282 g/mol. The number of hydrogen-bond donors (Lipinski definition) is 1. The van der Waals surface area contributed by atoms with E-state index in [4.69, 9.17) is 11.6 Å². The molecule has 0 saturated carbocycles. The fraction of sp³-hybridized carbons (Fsp3) is 0.611. The number of benzene rings is 1. The van der Waals surface area contributed by atoms with Gasteiger partial charge in [-0.05, 0) is 30.0 Å². The Labute approximate surface area is 133 Å². The van der Waals surface area contributed by atoms with Crippen LogP contribution < -0.4 is 5.32 Å². The second-order valence-corrected chi connectivity index (χ2v) is 6.52. The maximum absolute atomic E-state index is 11.4. The monoisotopic (exact) mass is 307 g/mol. The summed E-state index contributed by atoms with van der Waals surface area (Å²) in [5.74, 6) is 0.116. The number of anilines is 1. The highest BCUT2D eigenvalue weighted by Crippen LogP contribution is 2.31. The molecule has 1 heterocycles. The Bertz CT molecular complexity index is 472. The number of aryl methyl sites for hydroxylation is 1. The molecule has 0 bridgehead atoms. The number of rotatable bonds is 8. The van der Waals surface area contributed by atoms with Crippen LogP contribution in [0.5, 0.6) is 0 Å². The number of halogens is 1. The van der Waals surface area contributed by atoms with Gasteiger partial charge in [0.2, 0.25) is 5.91 Å². The minimum atomic E-state index is 0.0964. The van der Waals surface area contributed by atoms with E-state index in [1.54, 1.807) is 0 Å². The number of carbonyl (C=O) groups excluding carboxylic acids is 1. The Kier molecular flexibility index (Phi) is 6.56. The molecule has 1 aliphatic rings. The van der Waals surface area contributed by atoms with Crippen LogP contribution in [0.3, 0.4) is 0 Å². The minimum Gasteiger partial charge on any atom is -0.326 e. The van der Waals surface area contributed by atoms with Crippen LogP contribution in [0, 0.1) is 0 Å². The zero-order valence-electron chi connectivity index (χ0n) is 13.0. The van der Waals surface area contributed by atoms with Gasteiger partial charge in [0.1, 0.15) is 0 Å². The van der Waals surface area contributed by atoms with E-state index in [0.29, 0.717) is 6.42 Å². The van der Waals surface area contributed by atoms with E-state index in [-0.39, 0.29) is 11.3 Å². The van der Waals surface area contributed by atoms with Crippen molar-refractivity contribution in [3.63, 3.8) is 0 Å². The standard InChI is InChI=1S/C18H26ClNO/c1-2-3-4-5-6-7-8-16(19)14-9-11-17-15(13-14)10-12-18(21)20-17/h9,11,13,16H,2-8,10,12H2,1H3,(H,20,21). The van der Waals surface area contributed by atoms with E-state index >= 15 is 0 Å². The Hall–Kier alpha value is -1.02. The number of amides is 1. The summed E-state index contributed by atoms with van der Waals surface area (Å²) in [6, 6.07) is 6.22. The maximum Gasteiger partial charge on any atom is 0.224 e. The summed E-state index contributed by atoms with van der Waals surface area (Å²) < 4.78 is 0. The Morgan fingerprint density at radius 3 is 2.71 bits per heavy atom. The van der Waals surface area contributed by atoms with Crippen molar-refractivity contribution in [2.24, 2.45) is 0 Å². The number of nitrogens with one attached hydrogen (secondary N) is 1. The van der Waals surface area contributed by atoms with Crippen molar-refractivity contribution in [1.29, 1.82) is 0 Å². The molecule has 2 rings (SSSR count). The molecular formula is C18H26ClNO. The third-order valence-corrected chi connectivity index (χ3v) is 4.67. The van der Waals surface area contributed by atoms with Crippen LogP contribution in [-0.4, -0.2) is 5.91 Å². The van der Waals surface area contributed by atoms with Crippen molar-refractivity contribution >= 4 is 23.2 Å². The SMILES string of the molecule is CCCCCCCCC(Cl)c1ccc2c(c1)CCC(=O)N2. The fourth-order valence-corrected chi connectivity index (χ4v) is 3.16. The Balaban J connectivity index is 1.80. The van der Waals surface area contributed by atoms with Gasteiger partial charge < -0.3 is 5.32 Å².